The highest BCUT2D eigenvalue weighted by molar-refractivity contribution is 5.95. The molecule has 0 aliphatic carbocycles. The molecule has 3 aromatic rings. The summed E-state index contributed by atoms with van der Waals surface area (Å²) in [5.41, 5.74) is 1.45. The van der Waals surface area contributed by atoms with Crippen molar-refractivity contribution in [2.45, 2.75) is 44.2 Å². The molecule has 1 heterocycles. The number of likely N-dealkylation sites (N-methyl/N-ethyl adjacent to an activating group) is 1. The number of nitrogens with zero attached hydrogens (tertiary/aromatic N) is 2. The number of primary amides is 1. The van der Waals surface area contributed by atoms with Gasteiger partial charge in [-0.2, -0.15) is 26.3 Å². The number of carboxylic acid groups (broad SMARTS) is 1. The zero-order valence-electron chi connectivity index (χ0n) is 22.0. The molecule has 0 spiro atoms. The molecule has 1 fully saturated rings. The SMILES string of the molecule is CC1CN1C(N)=O.CN(C(=O)c1cc(C(F)(F)F)cc(C(F)(F)F)c1)C(CC(=O)O)Cc1ccc2ccccc2c1. The maximum Gasteiger partial charge on any atom is 0.416 e. The molecule has 13 heteroatoms. The van der Waals surface area contributed by atoms with Crippen molar-refractivity contribution < 1.29 is 45.8 Å². The van der Waals surface area contributed by atoms with Crippen molar-refractivity contribution in [2.75, 3.05) is 13.6 Å². The Labute approximate surface area is 231 Å². The lowest BCUT2D eigenvalue weighted by atomic mass is 9.98. The Bertz CT molecular complexity index is 1410. The number of hydrogen-bond acceptors (Lipinski definition) is 3. The lowest BCUT2D eigenvalue weighted by Crippen LogP contribution is -2.40. The van der Waals surface area contributed by atoms with Crippen LogP contribution in [0.5, 0.6) is 0 Å². The van der Waals surface area contributed by atoms with Crippen LogP contribution in [0.4, 0.5) is 31.1 Å². The van der Waals surface area contributed by atoms with Gasteiger partial charge in [0.1, 0.15) is 0 Å². The summed E-state index contributed by atoms with van der Waals surface area (Å²) in [6, 6.07) is 12.3. The molecule has 3 aromatic carbocycles. The van der Waals surface area contributed by atoms with Gasteiger partial charge < -0.3 is 20.6 Å². The number of benzene rings is 3. The largest absolute Gasteiger partial charge is 0.481 e. The number of carboxylic acids is 1. The van der Waals surface area contributed by atoms with Crippen molar-refractivity contribution in [3.05, 3.63) is 82.9 Å². The van der Waals surface area contributed by atoms with Crippen LogP contribution in [0.3, 0.4) is 0 Å². The van der Waals surface area contributed by atoms with Crippen LogP contribution in [0.25, 0.3) is 10.8 Å². The number of aliphatic carboxylic acids is 1. The van der Waals surface area contributed by atoms with Crippen LogP contribution in [0.1, 0.15) is 40.4 Å². The second-order valence-corrected chi connectivity index (χ2v) is 9.69. The molecule has 7 nitrogen and oxygen atoms in total. The fourth-order valence-electron chi connectivity index (χ4n) is 4.18. The summed E-state index contributed by atoms with van der Waals surface area (Å²) in [6.45, 7) is 2.81. The molecule has 1 aliphatic rings. The van der Waals surface area contributed by atoms with E-state index in [1.54, 1.807) is 23.1 Å². The number of halogens is 6. The highest BCUT2D eigenvalue weighted by Crippen LogP contribution is 2.36. The number of carbonyl (C=O) groups is 3. The maximum absolute atomic E-state index is 13.2. The van der Waals surface area contributed by atoms with E-state index in [0.29, 0.717) is 23.7 Å². The van der Waals surface area contributed by atoms with E-state index in [1.165, 1.54) is 0 Å². The summed E-state index contributed by atoms with van der Waals surface area (Å²) in [7, 11) is 1.16. The predicted molar refractivity (Wildman–Crippen MR) is 138 cm³/mol. The Kier molecular flexibility index (Phi) is 9.19. The summed E-state index contributed by atoms with van der Waals surface area (Å²) >= 11 is 0. The molecule has 2 unspecified atom stereocenters. The molecule has 0 bridgehead atoms. The highest BCUT2D eigenvalue weighted by atomic mass is 19.4. The predicted octanol–water partition coefficient (Wildman–Crippen LogP) is 5.80. The molecule has 0 radical (unpaired) electrons. The van der Waals surface area contributed by atoms with Crippen molar-refractivity contribution in [1.29, 1.82) is 0 Å². The minimum Gasteiger partial charge on any atom is -0.481 e. The standard InChI is InChI=1S/C24H19F6NO3.C4H8N2O/c1-31(22(34)17-10-18(23(25,26)27)12-19(11-17)24(28,29)30)20(13-21(32)33)9-14-6-7-15-4-2-3-5-16(15)8-14;1-3-2-6(3)4(5)7/h2-8,10-12,20H,9,13H2,1H3,(H,32,33);3H,2H2,1H3,(H2,5,7). The lowest BCUT2D eigenvalue weighted by molar-refractivity contribution is -0.143. The van der Waals surface area contributed by atoms with Crippen molar-refractivity contribution in [1.82, 2.24) is 9.80 Å². The van der Waals surface area contributed by atoms with Gasteiger partial charge in [0.15, 0.2) is 0 Å². The number of fused-ring (bicyclic) bond motifs is 1. The van der Waals surface area contributed by atoms with E-state index in [-0.39, 0.29) is 18.5 Å². The molecule has 3 N–H and O–H groups in total. The first kappa shape index (κ1) is 31.2. The van der Waals surface area contributed by atoms with E-state index in [1.807, 2.05) is 31.2 Å². The average Bonchev–Trinajstić information content (AvgIpc) is 3.63. The minimum absolute atomic E-state index is 0.0322. The fraction of sp³-hybridized carbons (Fsp3) is 0.321. The third kappa shape index (κ3) is 8.35. The Morgan fingerprint density at radius 1 is 0.951 bits per heavy atom. The molecule has 0 aromatic heterocycles. The number of amides is 3. The van der Waals surface area contributed by atoms with Crippen LogP contribution in [-0.4, -0.2) is 58.5 Å². The smallest absolute Gasteiger partial charge is 0.416 e. The van der Waals surface area contributed by atoms with Crippen molar-refractivity contribution in [3.63, 3.8) is 0 Å². The monoisotopic (exact) mass is 583 g/mol. The molecule has 3 amide bonds. The second-order valence-electron chi connectivity index (χ2n) is 9.69. The first-order valence-corrected chi connectivity index (χ1v) is 12.3. The van der Waals surface area contributed by atoms with Gasteiger partial charge in [0, 0.05) is 31.2 Å². The molecule has 1 saturated heterocycles. The number of rotatable bonds is 6. The quantitative estimate of drug-likeness (QED) is 0.283. The molecular weight excluding hydrogens is 556 g/mol. The number of carbonyl (C=O) groups excluding carboxylic acids is 2. The van der Waals surface area contributed by atoms with Crippen molar-refractivity contribution in [3.8, 4) is 0 Å². The van der Waals surface area contributed by atoms with Gasteiger partial charge in [-0.15, -0.1) is 0 Å². The third-order valence-corrected chi connectivity index (χ3v) is 6.54. The molecule has 0 saturated carbocycles. The van der Waals surface area contributed by atoms with E-state index in [4.69, 9.17) is 5.73 Å². The summed E-state index contributed by atoms with van der Waals surface area (Å²) in [6.07, 6.45) is -10.7. The van der Waals surface area contributed by atoms with E-state index >= 15 is 0 Å². The Balaban J connectivity index is 0.000000575. The Morgan fingerprint density at radius 3 is 1.93 bits per heavy atom. The van der Waals surface area contributed by atoms with Crippen LogP contribution < -0.4 is 5.73 Å². The van der Waals surface area contributed by atoms with Crippen LogP contribution in [-0.2, 0) is 23.6 Å². The highest BCUT2D eigenvalue weighted by Gasteiger charge is 2.38. The first-order valence-electron chi connectivity index (χ1n) is 12.3. The topological polar surface area (TPSA) is 104 Å². The van der Waals surface area contributed by atoms with Gasteiger partial charge in [-0.1, -0.05) is 42.5 Å². The Hall–Kier alpha value is -4.29. The second kappa shape index (κ2) is 12.1. The Morgan fingerprint density at radius 2 is 1.49 bits per heavy atom. The molecule has 41 heavy (non-hydrogen) atoms. The van der Waals surface area contributed by atoms with Crippen LogP contribution in [0, 0.1) is 0 Å². The van der Waals surface area contributed by atoms with E-state index in [2.05, 4.69) is 0 Å². The van der Waals surface area contributed by atoms with Gasteiger partial charge in [-0.3, -0.25) is 9.59 Å². The van der Waals surface area contributed by atoms with Crippen molar-refractivity contribution in [2.24, 2.45) is 5.73 Å². The zero-order chi connectivity index (χ0) is 30.7. The number of hydrogen-bond donors (Lipinski definition) is 2. The van der Waals surface area contributed by atoms with Crippen molar-refractivity contribution >= 4 is 28.7 Å². The molecule has 220 valence electrons. The van der Waals surface area contributed by atoms with E-state index in [9.17, 15) is 45.8 Å². The van der Waals surface area contributed by atoms with Crippen LogP contribution >= 0.6 is 0 Å². The van der Waals surface area contributed by atoms with Gasteiger partial charge in [0.05, 0.1) is 17.5 Å². The number of nitrogens with two attached hydrogens (primary N) is 1. The molecule has 1 aliphatic heterocycles. The maximum atomic E-state index is 13.2. The normalized spacial score (nSPS) is 15.5. The van der Waals surface area contributed by atoms with Gasteiger partial charge in [0.2, 0.25) is 0 Å². The number of urea groups is 1. The van der Waals surface area contributed by atoms with E-state index < -0.39 is 53.4 Å². The summed E-state index contributed by atoms with van der Waals surface area (Å²) < 4.78 is 79.1. The average molecular weight is 584 g/mol. The van der Waals surface area contributed by atoms with Gasteiger partial charge >= 0.3 is 24.4 Å². The van der Waals surface area contributed by atoms with E-state index in [0.717, 1.165) is 29.3 Å². The molecule has 2 atom stereocenters. The van der Waals surface area contributed by atoms with Crippen LogP contribution in [0.2, 0.25) is 0 Å². The summed E-state index contributed by atoms with van der Waals surface area (Å²) in [5.74, 6) is -2.42. The third-order valence-electron chi connectivity index (χ3n) is 6.54. The molecule has 4 rings (SSSR count). The minimum atomic E-state index is -5.11. The fourth-order valence-corrected chi connectivity index (χ4v) is 4.18. The van der Waals surface area contributed by atoms with Gasteiger partial charge in [-0.25, -0.2) is 4.79 Å². The zero-order valence-corrected chi connectivity index (χ0v) is 22.0. The van der Waals surface area contributed by atoms with Gasteiger partial charge in [0.25, 0.3) is 5.91 Å². The number of alkyl halides is 6. The first-order chi connectivity index (χ1) is 19.0. The van der Waals surface area contributed by atoms with Gasteiger partial charge in [-0.05, 0) is 47.9 Å². The molecular formula is C28H27F6N3O4. The van der Waals surface area contributed by atoms with Crippen LogP contribution in [0.15, 0.2) is 60.7 Å². The summed E-state index contributed by atoms with van der Waals surface area (Å²) in [5, 5.41) is 11.1. The lowest BCUT2D eigenvalue weighted by Gasteiger charge is -2.28. The summed E-state index contributed by atoms with van der Waals surface area (Å²) in [4.78, 5) is 36.9.